The van der Waals surface area contributed by atoms with Gasteiger partial charge in [0.25, 0.3) is 0 Å². The summed E-state index contributed by atoms with van der Waals surface area (Å²) in [5.74, 6) is -0.139. The summed E-state index contributed by atoms with van der Waals surface area (Å²) in [4.78, 5) is 13.5. The first-order valence-electron chi connectivity index (χ1n) is 4.51. The summed E-state index contributed by atoms with van der Waals surface area (Å²) in [6.45, 7) is 5.65. The number of carbonyl (C=O) groups is 1. The third kappa shape index (κ3) is 2.76. The van der Waals surface area contributed by atoms with Crippen LogP contribution in [-0.4, -0.2) is 29.6 Å². The number of hydrogen-bond donors (Lipinski definition) is 0. The zero-order chi connectivity index (χ0) is 10.1. The second kappa shape index (κ2) is 3.40. The van der Waals surface area contributed by atoms with Crippen molar-refractivity contribution in [1.82, 2.24) is 4.90 Å². The molecule has 0 aromatic carbocycles. The molecule has 0 N–H and O–H groups in total. The van der Waals surface area contributed by atoms with Gasteiger partial charge in [0.1, 0.15) is 11.6 Å². The van der Waals surface area contributed by atoms with Crippen molar-refractivity contribution in [2.24, 2.45) is 0 Å². The first-order valence-corrected chi connectivity index (χ1v) is 4.51. The third-order valence-corrected chi connectivity index (χ3v) is 1.87. The number of likely N-dealkylation sites (N-methyl/N-ethyl adjacent to an activating group) is 1. The number of rotatable bonds is 1. The van der Waals surface area contributed by atoms with E-state index in [1.807, 2.05) is 45.0 Å². The molecule has 0 spiro atoms. The van der Waals surface area contributed by atoms with Crippen molar-refractivity contribution >= 4 is 5.97 Å². The molecule has 0 fully saturated rings. The van der Waals surface area contributed by atoms with E-state index in [9.17, 15) is 4.79 Å². The second-order valence-corrected chi connectivity index (χ2v) is 4.34. The van der Waals surface area contributed by atoms with Gasteiger partial charge in [-0.25, -0.2) is 4.79 Å². The van der Waals surface area contributed by atoms with Gasteiger partial charge in [0.2, 0.25) is 0 Å². The molecule has 3 heteroatoms. The van der Waals surface area contributed by atoms with Crippen LogP contribution in [0.1, 0.15) is 27.2 Å². The van der Waals surface area contributed by atoms with Crippen LogP contribution in [0.3, 0.4) is 0 Å². The van der Waals surface area contributed by atoms with Crippen LogP contribution in [0.2, 0.25) is 0 Å². The fourth-order valence-electron chi connectivity index (χ4n) is 1.26. The van der Waals surface area contributed by atoms with Gasteiger partial charge in [0.05, 0.1) is 0 Å². The van der Waals surface area contributed by atoms with Crippen LogP contribution >= 0.6 is 0 Å². The van der Waals surface area contributed by atoms with Crippen molar-refractivity contribution in [1.29, 1.82) is 0 Å². The van der Waals surface area contributed by atoms with Gasteiger partial charge in [-0.15, -0.1) is 0 Å². The average Bonchev–Trinajstić information content (AvgIpc) is 2.30. The lowest BCUT2D eigenvalue weighted by atomic mass is 10.2. The number of nitrogens with zero attached hydrogens (tertiary/aromatic N) is 1. The summed E-state index contributed by atoms with van der Waals surface area (Å²) in [7, 11) is 1.89. The maximum Gasteiger partial charge on any atom is 0.329 e. The molecule has 0 aliphatic carbocycles. The Morgan fingerprint density at radius 3 is 2.54 bits per heavy atom. The predicted molar refractivity (Wildman–Crippen MR) is 51.2 cm³/mol. The van der Waals surface area contributed by atoms with Crippen LogP contribution in [0.15, 0.2) is 12.3 Å². The lowest BCUT2D eigenvalue weighted by molar-refractivity contribution is -0.159. The van der Waals surface area contributed by atoms with Crippen LogP contribution in [0.4, 0.5) is 0 Å². The Balaban J connectivity index is 2.50. The molecule has 1 aliphatic heterocycles. The maximum atomic E-state index is 11.6. The van der Waals surface area contributed by atoms with Gasteiger partial charge in [0.15, 0.2) is 0 Å². The first kappa shape index (κ1) is 10.1. The van der Waals surface area contributed by atoms with E-state index in [0.717, 1.165) is 6.42 Å². The minimum absolute atomic E-state index is 0.126. The zero-order valence-corrected chi connectivity index (χ0v) is 8.70. The summed E-state index contributed by atoms with van der Waals surface area (Å²) in [6.07, 6.45) is 4.65. The SMILES string of the molecule is CN1C=CCC1C(=O)OC(C)(C)C. The van der Waals surface area contributed by atoms with Crippen LogP contribution in [0.25, 0.3) is 0 Å². The predicted octanol–water partition coefficient (Wildman–Crippen LogP) is 1.55. The van der Waals surface area contributed by atoms with Crippen LogP contribution in [0, 0.1) is 0 Å². The Morgan fingerprint density at radius 1 is 1.54 bits per heavy atom. The van der Waals surface area contributed by atoms with E-state index >= 15 is 0 Å². The molecule has 0 bridgehead atoms. The Labute approximate surface area is 79.4 Å². The summed E-state index contributed by atoms with van der Waals surface area (Å²) >= 11 is 0. The minimum Gasteiger partial charge on any atom is -0.458 e. The van der Waals surface area contributed by atoms with Crippen molar-refractivity contribution < 1.29 is 9.53 Å². The molecule has 1 aliphatic rings. The monoisotopic (exact) mass is 183 g/mol. The highest BCUT2D eigenvalue weighted by Gasteiger charge is 2.28. The molecule has 0 saturated carbocycles. The van der Waals surface area contributed by atoms with Gasteiger partial charge in [-0.1, -0.05) is 6.08 Å². The van der Waals surface area contributed by atoms with Gasteiger partial charge in [-0.2, -0.15) is 0 Å². The molecule has 0 aromatic heterocycles. The van der Waals surface area contributed by atoms with E-state index in [1.165, 1.54) is 0 Å². The smallest absolute Gasteiger partial charge is 0.329 e. The molecular weight excluding hydrogens is 166 g/mol. The van der Waals surface area contributed by atoms with E-state index in [1.54, 1.807) is 0 Å². The molecular formula is C10H17NO2. The highest BCUT2D eigenvalue weighted by Crippen LogP contribution is 2.17. The van der Waals surface area contributed by atoms with E-state index < -0.39 is 0 Å². The van der Waals surface area contributed by atoms with Crippen LogP contribution in [0.5, 0.6) is 0 Å². The fraction of sp³-hybridized carbons (Fsp3) is 0.700. The summed E-state index contributed by atoms with van der Waals surface area (Å²) < 4.78 is 5.27. The van der Waals surface area contributed by atoms with Crippen molar-refractivity contribution in [2.75, 3.05) is 7.05 Å². The third-order valence-electron chi connectivity index (χ3n) is 1.87. The summed E-state index contributed by atoms with van der Waals surface area (Å²) in [5.41, 5.74) is -0.388. The van der Waals surface area contributed by atoms with Gasteiger partial charge in [0, 0.05) is 7.05 Å². The summed E-state index contributed by atoms with van der Waals surface area (Å²) in [5, 5.41) is 0. The summed E-state index contributed by atoms with van der Waals surface area (Å²) in [6, 6.07) is -0.126. The van der Waals surface area contributed by atoms with Crippen molar-refractivity contribution in [2.45, 2.75) is 38.8 Å². The maximum absolute atomic E-state index is 11.6. The zero-order valence-electron chi connectivity index (χ0n) is 8.70. The molecule has 1 rings (SSSR count). The van der Waals surface area contributed by atoms with Crippen molar-refractivity contribution in [3.05, 3.63) is 12.3 Å². The molecule has 0 amide bonds. The number of carbonyl (C=O) groups excluding carboxylic acids is 1. The second-order valence-electron chi connectivity index (χ2n) is 4.34. The van der Waals surface area contributed by atoms with Crippen LogP contribution < -0.4 is 0 Å². The van der Waals surface area contributed by atoms with Gasteiger partial charge in [-0.05, 0) is 33.4 Å². The Hall–Kier alpha value is -0.990. The molecule has 13 heavy (non-hydrogen) atoms. The number of hydrogen-bond acceptors (Lipinski definition) is 3. The lowest BCUT2D eigenvalue weighted by Crippen LogP contribution is -2.37. The van der Waals surface area contributed by atoms with Crippen molar-refractivity contribution in [3.63, 3.8) is 0 Å². The van der Waals surface area contributed by atoms with E-state index in [4.69, 9.17) is 4.74 Å². The van der Waals surface area contributed by atoms with Crippen molar-refractivity contribution in [3.8, 4) is 0 Å². The highest BCUT2D eigenvalue weighted by atomic mass is 16.6. The van der Waals surface area contributed by atoms with Gasteiger partial charge >= 0.3 is 5.97 Å². The molecule has 1 heterocycles. The largest absolute Gasteiger partial charge is 0.458 e. The lowest BCUT2D eigenvalue weighted by Gasteiger charge is -2.25. The van der Waals surface area contributed by atoms with E-state index in [-0.39, 0.29) is 17.6 Å². The van der Waals surface area contributed by atoms with Gasteiger partial charge in [-0.3, -0.25) is 0 Å². The molecule has 74 valence electrons. The molecule has 0 aromatic rings. The quantitative estimate of drug-likeness (QED) is 0.578. The average molecular weight is 183 g/mol. The molecule has 1 unspecified atom stereocenters. The number of esters is 1. The topological polar surface area (TPSA) is 29.5 Å². The Morgan fingerprint density at radius 2 is 2.15 bits per heavy atom. The Bertz CT molecular complexity index is 228. The fourth-order valence-corrected chi connectivity index (χ4v) is 1.26. The van der Waals surface area contributed by atoms with Crippen LogP contribution in [-0.2, 0) is 9.53 Å². The molecule has 0 saturated heterocycles. The normalized spacial score (nSPS) is 22.2. The van der Waals surface area contributed by atoms with Gasteiger partial charge < -0.3 is 9.64 Å². The van der Waals surface area contributed by atoms with E-state index in [0.29, 0.717) is 0 Å². The minimum atomic E-state index is -0.388. The first-order chi connectivity index (χ1) is 5.90. The number of ether oxygens (including phenoxy) is 1. The highest BCUT2D eigenvalue weighted by molar-refractivity contribution is 5.77. The molecule has 1 atom stereocenters. The molecule has 3 nitrogen and oxygen atoms in total. The Kier molecular flexibility index (Phi) is 2.64. The standard InChI is InChI=1S/C10H17NO2/c1-10(2,3)13-9(12)8-6-5-7-11(8)4/h5,7-8H,6H2,1-4H3. The van der Waals surface area contributed by atoms with E-state index in [2.05, 4.69) is 0 Å². The molecule has 0 radical (unpaired) electrons.